The highest BCUT2D eigenvalue weighted by molar-refractivity contribution is 7.90. The molecule has 1 rings (SSSR count). The minimum Gasteiger partial charge on any atom is -0.334 e. The van der Waals surface area contributed by atoms with Crippen molar-refractivity contribution in [3.63, 3.8) is 0 Å². The Morgan fingerprint density at radius 2 is 2.33 bits per heavy atom. The van der Waals surface area contributed by atoms with Gasteiger partial charge in [0.1, 0.15) is 16.2 Å². The summed E-state index contributed by atoms with van der Waals surface area (Å²) >= 11 is 0. The van der Waals surface area contributed by atoms with Crippen molar-refractivity contribution in [1.29, 1.82) is 0 Å². The molecule has 0 aliphatic rings. The predicted molar refractivity (Wildman–Crippen MR) is 69.1 cm³/mol. The van der Waals surface area contributed by atoms with Crippen molar-refractivity contribution in [2.75, 3.05) is 12.0 Å². The third kappa shape index (κ3) is 5.13. The number of hydrogen-bond donors (Lipinski definition) is 1. The summed E-state index contributed by atoms with van der Waals surface area (Å²) in [5.74, 6) is 0.0374. The Labute approximate surface area is 107 Å². The minimum absolute atomic E-state index is 0.0374. The molecule has 0 bridgehead atoms. The van der Waals surface area contributed by atoms with E-state index in [-0.39, 0.29) is 17.8 Å². The normalized spacial score (nSPS) is 12.9. The van der Waals surface area contributed by atoms with Gasteiger partial charge in [0.05, 0.1) is 5.75 Å². The molecule has 1 aromatic rings. The summed E-state index contributed by atoms with van der Waals surface area (Å²) < 4.78 is 23.5. The maximum Gasteiger partial charge on any atom is 0.327 e. The summed E-state index contributed by atoms with van der Waals surface area (Å²) in [6, 6.07) is -0.569. The third-order valence-corrected chi connectivity index (χ3v) is 3.33. The van der Waals surface area contributed by atoms with Crippen molar-refractivity contribution in [2.45, 2.75) is 18.9 Å². The van der Waals surface area contributed by atoms with Gasteiger partial charge in [-0.1, -0.05) is 6.08 Å². The quantitative estimate of drug-likeness (QED) is 0.777. The van der Waals surface area contributed by atoms with Crippen molar-refractivity contribution in [1.82, 2.24) is 14.9 Å². The van der Waals surface area contributed by atoms with E-state index in [1.165, 1.54) is 29.5 Å². The zero-order chi connectivity index (χ0) is 13.6. The lowest BCUT2D eigenvalue weighted by atomic mass is 10.1. The van der Waals surface area contributed by atoms with E-state index < -0.39 is 9.84 Å². The molecule has 1 aromatic heterocycles. The van der Waals surface area contributed by atoms with Gasteiger partial charge in [-0.25, -0.2) is 18.2 Å². The Hall–Kier alpha value is -1.63. The molecular weight excluding hydrogens is 254 g/mol. The molecule has 6 nitrogen and oxygen atoms in total. The van der Waals surface area contributed by atoms with Gasteiger partial charge >= 0.3 is 6.03 Å². The summed E-state index contributed by atoms with van der Waals surface area (Å²) in [6.45, 7) is 3.60. The SMILES string of the molecule is C=CCC(CCS(C)(=O)=O)NC(=O)n1ccnc1. The molecule has 1 unspecified atom stereocenters. The summed E-state index contributed by atoms with van der Waals surface area (Å²) in [5, 5.41) is 2.74. The summed E-state index contributed by atoms with van der Waals surface area (Å²) in [4.78, 5) is 15.5. The second-order valence-electron chi connectivity index (χ2n) is 4.06. The maximum absolute atomic E-state index is 11.7. The smallest absolute Gasteiger partial charge is 0.327 e. The second kappa shape index (κ2) is 6.34. The Morgan fingerprint density at radius 3 is 2.83 bits per heavy atom. The molecule has 0 fully saturated rings. The molecule has 0 aliphatic carbocycles. The van der Waals surface area contributed by atoms with Crippen molar-refractivity contribution in [3.8, 4) is 0 Å². The van der Waals surface area contributed by atoms with Crippen LogP contribution in [0.25, 0.3) is 0 Å². The fourth-order valence-electron chi connectivity index (χ4n) is 1.43. The van der Waals surface area contributed by atoms with Gasteiger partial charge in [0, 0.05) is 24.7 Å². The number of imidazole rings is 1. The Bertz CT molecular complexity index is 494. The average molecular weight is 271 g/mol. The number of rotatable bonds is 6. The molecule has 18 heavy (non-hydrogen) atoms. The van der Waals surface area contributed by atoms with Crippen molar-refractivity contribution in [3.05, 3.63) is 31.4 Å². The van der Waals surface area contributed by atoms with Crippen molar-refractivity contribution >= 4 is 15.9 Å². The number of carbonyl (C=O) groups excluding carboxylic acids is 1. The molecule has 0 aromatic carbocycles. The maximum atomic E-state index is 11.7. The Balaban J connectivity index is 2.57. The minimum atomic E-state index is -3.03. The molecule has 100 valence electrons. The van der Waals surface area contributed by atoms with Crippen LogP contribution in [-0.4, -0.2) is 42.1 Å². The van der Waals surface area contributed by atoms with Crippen LogP contribution >= 0.6 is 0 Å². The van der Waals surface area contributed by atoms with E-state index in [0.717, 1.165) is 0 Å². The number of sulfone groups is 1. The third-order valence-electron chi connectivity index (χ3n) is 2.35. The molecule has 1 heterocycles. The molecule has 7 heteroatoms. The van der Waals surface area contributed by atoms with Crippen LogP contribution in [0.1, 0.15) is 12.8 Å². The first-order valence-electron chi connectivity index (χ1n) is 5.50. The van der Waals surface area contributed by atoms with E-state index in [4.69, 9.17) is 0 Å². The van der Waals surface area contributed by atoms with Gasteiger partial charge in [-0.05, 0) is 12.8 Å². The molecule has 0 saturated heterocycles. The number of nitrogens with zero attached hydrogens (tertiary/aromatic N) is 2. The van der Waals surface area contributed by atoms with E-state index >= 15 is 0 Å². The Morgan fingerprint density at radius 1 is 1.61 bits per heavy atom. The number of carbonyl (C=O) groups is 1. The monoisotopic (exact) mass is 271 g/mol. The topological polar surface area (TPSA) is 81.1 Å². The number of amides is 1. The highest BCUT2D eigenvalue weighted by Crippen LogP contribution is 2.02. The van der Waals surface area contributed by atoms with Gasteiger partial charge in [-0.15, -0.1) is 6.58 Å². The van der Waals surface area contributed by atoms with Gasteiger partial charge in [-0.2, -0.15) is 0 Å². The van der Waals surface area contributed by atoms with E-state index in [1.54, 1.807) is 6.08 Å². The van der Waals surface area contributed by atoms with Crippen LogP contribution < -0.4 is 5.32 Å². The molecule has 0 saturated carbocycles. The zero-order valence-corrected chi connectivity index (χ0v) is 11.1. The molecule has 1 N–H and O–H groups in total. The lowest BCUT2D eigenvalue weighted by molar-refractivity contribution is 0.238. The number of nitrogens with one attached hydrogen (secondary N) is 1. The van der Waals surface area contributed by atoms with Gasteiger partial charge in [0.15, 0.2) is 0 Å². The second-order valence-corrected chi connectivity index (χ2v) is 6.32. The molecular formula is C11H17N3O3S. The van der Waals surface area contributed by atoms with E-state index in [1.807, 2.05) is 0 Å². The first-order chi connectivity index (χ1) is 8.42. The fraction of sp³-hybridized carbons (Fsp3) is 0.455. The van der Waals surface area contributed by atoms with Crippen LogP contribution in [0.4, 0.5) is 4.79 Å². The zero-order valence-electron chi connectivity index (χ0n) is 10.2. The van der Waals surface area contributed by atoms with Crippen molar-refractivity contribution in [2.24, 2.45) is 0 Å². The van der Waals surface area contributed by atoms with E-state index in [2.05, 4.69) is 16.9 Å². The first-order valence-corrected chi connectivity index (χ1v) is 7.56. The lowest BCUT2D eigenvalue weighted by Crippen LogP contribution is -2.38. The van der Waals surface area contributed by atoms with Crippen LogP contribution in [0.2, 0.25) is 0 Å². The van der Waals surface area contributed by atoms with E-state index in [0.29, 0.717) is 12.8 Å². The predicted octanol–water partition coefficient (Wildman–Crippen LogP) is 0.820. The molecule has 1 amide bonds. The van der Waals surface area contributed by atoms with Crippen molar-refractivity contribution < 1.29 is 13.2 Å². The lowest BCUT2D eigenvalue weighted by Gasteiger charge is -2.16. The van der Waals surface area contributed by atoms with Gasteiger partial charge in [0.2, 0.25) is 0 Å². The molecule has 0 spiro atoms. The van der Waals surface area contributed by atoms with Crippen LogP contribution in [0.5, 0.6) is 0 Å². The van der Waals surface area contributed by atoms with Gasteiger partial charge in [-0.3, -0.25) is 4.57 Å². The van der Waals surface area contributed by atoms with Gasteiger partial charge < -0.3 is 5.32 Å². The van der Waals surface area contributed by atoms with Crippen LogP contribution in [0.3, 0.4) is 0 Å². The molecule has 0 radical (unpaired) electrons. The average Bonchev–Trinajstić information content (AvgIpc) is 2.78. The van der Waals surface area contributed by atoms with Crippen LogP contribution in [0.15, 0.2) is 31.4 Å². The van der Waals surface area contributed by atoms with E-state index in [9.17, 15) is 13.2 Å². The Kier molecular flexibility index (Phi) is 5.08. The largest absolute Gasteiger partial charge is 0.334 e. The summed E-state index contributed by atoms with van der Waals surface area (Å²) in [5.41, 5.74) is 0. The highest BCUT2D eigenvalue weighted by atomic mass is 32.2. The summed E-state index contributed by atoms with van der Waals surface area (Å²) in [7, 11) is -3.03. The molecule has 0 aliphatic heterocycles. The highest BCUT2D eigenvalue weighted by Gasteiger charge is 2.14. The van der Waals surface area contributed by atoms with Crippen LogP contribution in [0, 0.1) is 0 Å². The van der Waals surface area contributed by atoms with Gasteiger partial charge in [0.25, 0.3) is 0 Å². The van der Waals surface area contributed by atoms with Crippen LogP contribution in [-0.2, 0) is 9.84 Å². The molecule has 1 atom stereocenters. The first kappa shape index (κ1) is 14.4. The fourth-order valence-corrected chi connectivity index (χ4v) is 2.15. The standard InChI is InChI=1S/C11H17N3O3S/c1-3-4-10(5-8-18(2,16)17)13-11(15)14-7-6-12-9-14/h3,6-7,9-10H,1,4-5,8H2,2H3,(H,13,15). The summed E-state index contributed by atoms with van der Waals surface area (Å²) in [6.07, 6.45) is 8.13. The number of hydrogen-bond acceptors (Lipinski definition) is 4. The number of aromatic nitrogens is 2.